The van der Waals surface area contributed by atoms with E-state index in [0.717, 1.165) is 0 Å². The number of carbonyl (C=O) groups excluding carboxylic acids is 1. The van der Waals surface area contributed by atoms with E-state index in [1.165, 1.54) is 24.3 Å². The summed E-state index contributed by atoms with van der Waals surface area (Å²) >= 11 is 5.80. The fourth-order valence-corrected chi connectivity index (χ4v) is 1.53. The first kappa shape index (κ1) is 14.6. The minimum absolute atomic E-state index is 0.00519. The zero-order valence-electron chi connectivity index (χ0n) is 9.99. The topological polar surface area (TPSA) is 26.3 Å². The number of halogens is 3. The Balaban J connectivity index is 3.20. The second kappa shape index (κ2) is 6.50. The molecular weight excluding hydrogens is 262 g/mol. The molecular formula is C13H13ClF2O2. The van der Waals surface area contributed by atoms with Crippen molar-refractivity contribution in [2.75, 3.05) is 0 Å². The molecule has 0 saturated carbocycles. The third kappa shape index (κ3) is 4.11. The van der Waals surface area contributed by atoms with Crippen LogP contribution >= 0.6 is 11.6 Å². The fourth-order valence-electron chi connectivity index (χ4n) is 1.35. The summed E-state index contributed by atoms with van der Waals surface area (Å²) in [5.41, 5.74) is 0.843. The largest absolute Gasteiger partial charge is 0.434 e. The van der Waals surface area contributed by atoms with Crippen LogP contribution in [0.5, 0.6) is 5.75 Å². The van der Waals surface area contributed by atoms with E-state index in [9.17, 15) is 13.6 Å². The van der Waals surface area contributed by atoms with Crippen molar-refractivity contribution in [2.24, 2.45) is 5.92 Å². The zero-order chi connectivity index (χ0) is 13.7. The number of benzene rings is 1. The van der Waals surface area contributed by atoms with E-state index in [4.69, 9.17) is 11.6 Å². The van der Waals surface area contributed by atoms with E-state index in [2.05, 4.69) is 4.74 Å². The maximum atomic E-state index is 12.2. The average Bonchev–Trinajstić information content (AvgIpc) is 2.28. The Morgan fingerprint density at radius 3 is 2.56 bits per heavy atom. The molecule has 0 heterocycles. The number of carbonyl (C=O) groups is 1. The molecule has 18 heavy (non-hydrogen) atoms. The fraction of sp³-hybridized carbons (Fsp3) is 0.308. The van der Waals surface area contributed by atoms with Gasteiger partial charge in [-0.15, -0.1) is 0 Å². The molecule has 0 bridgehead atoms. The molecule has 0 atom stereocenters. The first-order valence-electron chi connectivity index (χ1n) is 5.35. The van der Waals surface area contributed by atoms with Crippen LogP contribution in [-0.4, -0.2) is 12.9 Å². The van der Waals surface area contributed by atoms with E-state index in [1.807, 2.05) is 13.8 Å². The van der Waals surface area contributed by atoms with Crippen molar-refractivity contribution >= 4 is 24.0 Å². The van der Waals surface area contributed by atoms with Gasteiger partial charge in [-0.05, 0) is 35.8 Å². The lowest BCUT2D eigenvalue weighted by Gasteiger charge is -2.10. The molecule has 1 aromatic carbocycles. The molecule has 98 valence electrons. The molecule has 1 aromatic rings. The summed E-state index contributed by atoms with van der Waals surface area (Å²) < 4.78 is 28.8. The highest BCUT2D eigenvalue weighted by Gasteiger charge is 2.10. The Morgan fingerprint density at radius 2 is 2.06 bits per heavy atom. The number of allylic oxidation sites excluding steroid dienone is 1. The maximum absolute atomic E-state index is 12.2. The summed E-state index contributed by atoms with van der Waals surface area (Å²) in [4.78, 5) is 10.9. The molecule has 5 heteroatoms. The molecule has 0 saturated heterocycles. The van der Waals surface area contributed by atoms with Crippen LogP contribution in [0.3, 0.4) is 0 Å². The number of hydrogen-bond donors (Lipinski definition) is 0. The third-order valence-electron chi connectivity index (χ3n) is 2.31. The standard InChI is InChI=1S/C13H13ClF2O2/c1-8(2)10(7-17)5-9-6-11(14)3-4-12(9)18-13(15)16/h3-8,13H,1-2H3. The summed E-state index contributed by atoms with van der Waals surface area (Å²) in [7, 11) is 0. The maximum Gasteiger partial charge on any atom is 0.387 e. The van der Waals surface area contributed by atoms with Crippen molar-refractivity contribution in [3.8, 4) is 5.75 Å². The summed E-state index contributed by atoms with van der Waals surface area (Å²) in [6, 6.07) is 4.28. The van der Waals surface area contributed by atoms with Gasteiger partial charge in [0.05, 0.1) is 0 Å². The highest BCUT2D eigenvalue weighted by atomic mass is 35.5. The highest BCUT2D eigenvalue weighted by Crippen LogP contribution is 2.27. The van der Waals surface area contributed by atoms with Crippen LogP contribution in [0.4, 0.5) is 8.78 Å². The number of rotatable bonds is 5. The average molecular weight is 275 g/mol. The molecule has 0 spiro atoms. The first-order valence-corrected chi connectivity index (χ1v) is 5.73. The summed E-state index contributed by atoms with van der Waals surface area (Å²) in [6.45, 7) is 0.744. The van der Waals surface area contributed by atoms with Crippen molar-refractivity contribution in [1.82, 2.24) is 0 Å². The predicted molar refractivity (Wildman–Crippen MR) is 67.0 cm³/mol. The Hall–Kier alpha value is -1.42. The molecule has 0 aliphatic heterocycles. The molecule has 1 rings (SSSR count). The molecule has 0 unspecified atom stereocenters. The van der Waals surface area contributed by atoms with Crippen molar-refractivity contribution in [3.63, 3.8) is 0 Å². The molecule has 0 aromatic heterocycles. The van der Waals surface area contributed by atoms with E-state index in [0.29, 0.717) is 22.4 Å². The zero-order valence-corrected chi connectivity index (χ0v) is 10.7. The molecule has 0 fully saturated rings. The molecule has 2 nitrogen and oxygen atoms in total. The van der Waals surface area contributed by atoms with Crippen LogP contribution in [0.25, 0.3) is 6.08 Å². The molecule has 0 N–H and O–H groups in total. The van der Waals surface area contributed by atoms with Gasteiger partial charge in [-0.1, -0.05) is 25.4 Å². The minimum Gasteiger partial charge on any atom is -0.434 e. The van der Waals surface area contributed by atoms with Crippen LogP contribution in [0.2, 0.25) is 5.02 Å². The van der Waals surface area contributed by atoms with Gasteiger partial charge in [0.25, 0.3) is 0 Å². The van der Waals surface area contributed by atoms with Gasteiger partial charge in [-0.2, -0.15) is 8.78 Å². The second-order valence-electron chi connectivity index (χ2n) is 3.98. The van der Waals surface area contributed by atoms with Crippen LogP contribution in [0.1, 0.15) is 19.4 Å². The summed E-state index contributed by atoms with van der Waals surface area (Å²) in [5.74, 6) is -0.0183. The monoisotopic (exact) mass is 274 g/mol. The Labute approximate surface area is 109 Å². The normalized spacial score (nSPS) is 12.1. The Morgan fingerprint density at radius 1 is 1.39 bits per heavy atom. The second-order valence-corrected chi connectivity index (χ2v) is 4.41. The van der Waals surface area contributed by atoms with Gasteiger partial charge < -0.3 is 4.74 Å². The van der Waals surface area contributed by atoms with Crippen molar-refractivity contribution in [3.05, 3.63) is 34.4 Å². The van der Waals surface area contributed by atoms with Gasteiger partial charge in [0.15, 0.2) is 0 Å². The van der Waals surface area contributed by atoms with Gasteiger partial charge in [0.1, 0.15) is 12.0 Å². The molecule has 0 radical (unpaired) electrons. The van der Waals surface area contributed by atoms with E-state index in [1.54, 1.807) is 0 Å². The summed E-state index contributed by atoms with van der Waals surface area (Å²) in [5, 5.41) is 0.386. The van der Waals surface area contributed by atoms with Gasteiger partial charge in [-0.25, -0.2) is 0 Å². The Bertz CT molecular complexity index is 456. The minimum atomic E-state index is -2.92. The van der Waals surface area contributed by atoms with E-state index in [-0.39, 0.29) is 11.7 Å². The number of alkyl halides is 2. The highest BCUT2D eigenvalue weighted by molar-refractivity contribution is 6.30. The lowest BCUT2D eigenvalue weighted by atomic mass is 10.0. The first-order chi connectivity index (χ1) is 8.43. The van der Waals surface area contributed by atoms with Gasteiger partial charge >= 0.3 is 6.61 Å². The van der Waals surface area contributed by atoms with Crippen LogP contribution in [0, 0.1) is 5.92 Å². The molecule has 0 aliphatic carbocycles. The van der Waals surface area contributed by atoms with Gasteiger partial charge in [0.2, 0.25) is 0 Å². The van der Waals surface area contributed by atoms with Crippen molar-refractivity contribution in [2.45, 2.75) is 20.5 Å². The lowest BCUT2D eigenvalue weighted by molar-refractivity contribution is -0.105. The smallest absolute Gasteiger partial charge is 0.387 e. The van der Waals surface area contributed by atoms with Crippen LogP contribution < -0.4 is 4.74 Å². The molecule has 0 aliphatic rings. The van der Waals surface area contributed by atoms with Crippen molar-refractivity contribution < 1.29 is 18.3 Å². The van der Waals surface area contributed by atoms with E-state index >= 15 is 0 Å². The predicted octanol–water partition coefficient (Wildman–Crippen LogP) is 4.18. The van der Waals surface area contributed by atoms with Gasteiger partial charge in [-0.3, -0.25) is 4.79 Å². The molecule has 0 amide bonds. The summed E-state index contributed by atoms with van der Waals surface area (Å²) in [6.07, 6.45) is 2.19. The van der Waals surface area contributed by atoms with Crippen LogP contribution in [-0.2, 0) is 4.79 Å². The van der Waals surface area contributed by atoms with Crippen LogP contribution in [0.15, 0.2) is 23.8 Å². The van der Waals surface area contributed by atoms with Crippen molar-refractivity contribution in [1.29, 1.82) is 0 Å². The Kier molecular flexibility index (Phi) is 5.28. The lowest BCUT2D eigenvalue weighted by Crippen LogP contribution is -2.04. The SMILES string of the molecule is CC(C)C(C=O)=Cc1cc(Cl)ccc1OC(F)F. The number of aldehydes is 1. The third-order valence-corrected chi connectivity index (χ3v) is 2.55. The number of hydrogen-bond acceptors (Lipinski definition) is 2. The number of ether oxygens (including phenoxy) is 1. The quantitative estimate of drug-likeness (QED) is 0.595. The van der Waals surface area contributed by atoms with Gasteiger partial charge in [0, 0.05) is 10.6 Å². The van der Waals surface area contributed by atoms with E-state index < -0.39 is 6.61 Å².